The number of aliphatic hydroxyl groups excluding tert-OH is 2. The van der Waals surface area contributed by atoms with E-state index in [-0.39, 0.29) is 6.61 Å². The highest BCUT2D eigenvalue weighted by atomic mass is 32.1. The van der Waals surface area contributed by atoms with Crippen LogP contribution in [0, 0.1) is 6.92 Å². The summed E-state index contributed by atoms with van der Waals surface area (Å²) in [5, 5.41) is 19.3. The predicted octanol–water partition coefficient (Wildman–Crippen LogP) is 0.409. The van der Waals surface area contributed by atoms with Gasteiger partial charge in [-0.3, -0.25) is 0 Å². The van der Waals surface area contributed by atoms with Gasteiger partial charge in [-0.1, -0.05) is 0 Å². The maximum absolute atomic E-state index is 11.1. The van der Waals surface area contributed by atoms with Crippen LogP contribution in [-0.4, -0.2) is 33.9 Å². The molecule has 1 rings (SSSR count). The second kappa shape index (κ2) is 5.20. The number of thiazole rings is 1. The molecule has 15 heavy (non-hydrogen) atoms. The molecule has 0 aromatic carbocycles. The number of esters is 1. The second-order valence-corrected chi connectivity index (χ2v) is 4.22. The van der Waals surface area contributed by atoms with Gasteiger partial charge in [0.2, 0.25) is 0 Å². The Morgan fingerprint density at radius 2 is 2.33 bits per heavy atom. The molecule has 2 unspecified atom stereocenters. The van der Waals surface area contributed by atoms with E-state index in [2.05, 4.69) is 9.72 Å². The highest BCUT2D eigenvalue weighted by molar-refractivity contribution is 7.11. The second-order valence-electron chi connectivity index (χ2n) is 2.95. The Bertz CT molecular complexity index is 339. The van der Waals surface area contributed by atoms with Crippen LogP contribution >= 0.6 is 11.3 Å². The standard InChI is InChI=1S/C9H13NO4S/c1-3-14-9(13)7(12)6(11)8-10-4-5(2)15-8/h4,6-7,11-12H,3H2,1-2H3. The van der Waals surface area contributed by atoms with Crippen molar-refractivity contribution in [3.05, 3.63) is 16.1 Å². The third kappa shape index (κ3) is 2.98. The minimum absolute atomic E-state index is 0.166. The number of aliphatic hydroxyl groups is 2. The number of aryl methyl sites for hydroxylation is 1. The van der Waals surface area contributed by atoms with Gasteiger partial charge in [-0.15, -0.1) is 11.3 Å². The van der Waals surface area contributed by atoms with Crippen molar-refractivity contribution in [2.24, 2.45) is 0 Å². The number of carbonyl (C=O) groups is 1. The van der Waals surface area contributed by atoms with Gasteiger partial charge in [0.1, 0.15) is 11.1 Å². The van der Waals surface area contributed by atoms with Crippen LogP contribution in [0.5, 0.6) is 0 Å². The molecule has 1 aromatic heterocycles. The highest BCUT2D eigenvalue weighted by Crippen LogP contribution is 2.22. The molecule has 5 nitrogen and oxygen atoms in total. The average Bonchev–Trinajstić information content (AvgIpc) is 2.63. The quantitative estimate of drug-likeness (QED) is 0.734. The van der Waals surface area contributed by atoms with E-state index < -0.39 is 18.2 Å². The molecule has 1 heterocycles. The first kappa shape index (κ1) is 12.1. The van der Waals surface area contributed by atoms with Gasteiger partial charge in [0.25, 0.3) is 0 Å². The summed E-state index contributed by atoms with van der Waals surface area (Å²) in [6, 6.07) is 0. The molecule has 1 aromatic rings. The monoisotopic (exact) mass is 231 g/mol. The van der Waals surface area contributed by atoms with Crippen molar-refractivity contribution in [1.82, 2.24) is 4.98 Å². The Labute approximate surface area is 91.3 Å². The maximum Gasteiger partial charge on any atom is 0.338 e. The Morgan fingerprint density at radius 1 is 1.67 bits per heavy atom. The molecule has 0 aliphatic heterocycles. The van der Waals surface area contributed by atoms with Gasteiger partial charge >= 0.3 is 5.97 Å². The molecule has 0 aliphatic carbocycles. The lowest BCUT2D eigenvalue weighted by atomic mass is 10.2. The van der Waals surface area contributed by atoms with E-state index in [1.807, 2.05) is 6.92 Å². The van der Waals surface area contributed by atoms with Crippen molar-refractivity contribution in [1.29, 1.82) is 0 Å². The first-order valence-electron chi connectivity index (χ1n) is 4.51. The minimum atomic E-state index is -1.57. The van der Waals surface area contributed by atoms with Gasteiger partial charge in [-0.05, 0) is 13.8 Å². The first-order chi connectivity index (χ1) is 7.06. The molecule has 2 N–H and O–H groups in total. The lowest BCUT2D eigenvalue weighted by Gasteiger charge is -2.13. The fourth-order valence-corrected chi connectivity index (χ4v) is 1.79. The summed E-state index contributed by atoms with van der Waals surface area (Å²) >= 11 is 1.23. The van der Waals surface area contributed by atoms with Crippen LogP contribution in [-0.2, 0) is 9.53 Å². The topological polar surface area (TPSA) is 79.7 Å². The normalized spacial score (nSPS) is 14.7. The molecule has 0 saturated carbocycles. The minimum Gasteiger partial charge on any atom is -0.464 e. The Kier molecular flexibility index (Phi) is 4.19. The van der Waals surface area contributed by atoms with E-state index in [1.54, 1.807) is 13.1 Å². The number of ether oxygens (including phenoxy) is 1. The SMILES string of the molecule is CCOC(=O)C(O)C(O)c1ncc(C)s1. The van der Waals surface area contributed by atoms with E-state index >= 15 is 0 Å². The molecular weight excluding hydrogens is 218 g/mol. The molecule has 2 atom stereocenters. The van der Waals surface area contributed by atoms with Gasteiger partial charge < -0.3 is 14.9 Å². The fraction of sp³-hybridized carbons (Fsp3) is 0.556. The van der Waals surface area contributed by atoms with Gasteiger partial charge in [-0.2, -0.15) is 0 Å². The average molecular weight is 231 g/mol. The highest BCUT2D eigenvalue weighted by Gasteiger charge is 2.28. The number of nitrogens with zero attached hydrogens (tertiary/aromatic N) is 1. The number of hydrogen-bond donors (Lipinski definition) is 2. The lowest BCUT2D eigenvalue weighted by Crippen LogP contribution is -2.29. The van der Waals surface area contributed by atoms with Crippen molar-refractivity contribution in [2.45, 2.75) is 26.1 Å². The van der Waals surface area contributed by atoms with Gasteiger partial charge in [0.05, 0.1) is 6.61 Å². The van der Waals surface area contributed by atoms with E-state index in [0.29, 0.717) is 5.01 Å². The van der Waals surface area contributed by atoms with Crippen LogP contribution in [0.1, 0.15) is 22.9 Å². The lowest BCUT2D eigenvalue weighted by molar-refractivity contribution is -0.159. The maximum atomic E-state index is 11.1. The number of aromatic nitrogens is 1. The molecule has 0 saturated heterocycles. The van der Waals surface area contributed by atoms with Crippen LogP contribution in [0.25, 0.3) is 0 Å². The van der Waals surface area contributed by atoms with E-state index in [0.717, 1.165) is 4.88 Å². The zero-order chi connectivity index (χ0) is 11.4. The molecule has 0 bridgehead atoms. The van der Waals surface area contributed by atoms with Crippen LogP contribution < -0.4 is 0 Å². The summed E-state index contributed by atoms with van der Waals surface area (Å²) in [6.45, 7) is 3.62. The largest absolute Gasteiger partial charge is 0.464 e. The summed E-state index contributed by atoms with van der Waals surface area (Å²) in [6.07, 6.45) is -1.32. The third-order valence-corrected chi connectivity index (χ3v) is 2.70. The summed E-state index contributed by atoms with van der Waals surface area (Å²) in [5.74, 6) is -0.835. The third-order valence-electron chi connectivity index (χ3n) is 1.72. The zero-order valence-corrected chi connectivity index (χ0v) is 9.32. The Morgan fingerprint density at radius 3 is 2.80 bits per heavy atom. The molecule has 0 spiro atoms. The van der Waals surface area contributed by atoms with E-state index in [4.69, 9.17) is 0 Å². The van der Waals surface area contributed by atoms with Gasteiger partial charge in [0, 0.05) is 11.1 Å². The molecule has 6 heteroatoms. The van der Waals surface area contributed by atoms with Crippen LogP contribution in [0.3, 0.4) is 0 Å². The summed E-state index contributed by atoms with van der Waals surface area (Å²) < 4.78 is 4.58. The zero-order valence-electron chi connectivity index (χ0n) is 8.51. The summed E-state index contributed by atoms with van der Waals surface area (Å²) in [5.41, 5.74) is 0. The summed E-state index contributed by atoms with van der Waals surface area (Å²) in [4.78, 5) is 15.9. The smallest absolute Gasteiger partial charge is 0.338 e. The molecule has 0 aliphatic rings. The van der Waals surface area contributed by atoms with Crippen LogP contribution in [0.2, 0.25) is 0 Å². The van der Waals surface area contributed by atoms with Gasteiger partial charge in [0.15, 0.2) is 6.10 Å². The molecule has 0 fully saturated rings. The van der Waals surface area contributed by atoms with E-state index in [1.165, 1.54) is 11.3 Å². The molecular formula is C9H13NO4S. The van der Waals surface area contributed by atoms with Crippen LogP contribution in [0.4, 0.5) is 0 Å². The molecule has 84 valence electrons. The van der Waals surface area contributed by atoms with Crippen molar-refractivity contribution in [3.63, 3.8) is 0 Å². The number of rotatable bonds is 4. The van der Waals surface area contributed by atoms with Gasteiger partial charge in [-0.25, -0.2) is 9.78 Å². The number of hydrogen-bond acceptors (Lipinski definition) is 6. The van der Waals surface area contributed by atoms with Crippen molar-refractivity contribution < 1.29 is 19.7 Å². The first-order valence-corrected chi connectivity index (χ1v) is 5.33. The summed E-state index contributed by atoms with van der Waals surface area (Å²) in [7, 11) is 0. The molecule has 0 amide bonds. The Balaban J connectivity index is 2.67. The fourth-order valence-electron chi connectivity index (χ4n) is 1.00. The van der Waals surface area contributed by atoms with Crippen molar-refractivity contribution in [3.8, 4) is 0 Å². The van der Waals surface area contributed by atoms with Crippen molar-refractivity contribution in [2.75, 3.05) is 6.61 Å². The molecule has 0 radical (unpaired) electrons. The predicted molar refractivity (Wildman–Crippen MR) is 54.5 cm³/mol. The van der Waals surface area contributed by atoms with E-state index in [9.17, 15) is 15.0 Å². The Hall–Kier alpha value is -0.980. The number of carbonyl (C=O) groups excluding carboxylic acids is 1. The van der Waals surface area contributed by atoms with Crippen molar-refractivity contribution >= 4 is 17.3 Å². The van der Waals surface area contributed by atoms with Crippen LogP contribution in [0.15, 0.2) is 6.20 Å².